The molecule has 0 bridgehead atoms. The lowest BCUT2D eigenvalue weighted by Crippen LogP contribution is -2.27. The van der Waals surface area contributed by atoms with E-state index in [1.165, 1.54) is 43.5 Å². The number of nitrogens with zero attached hydrogens (tertiary/aromatic N) is 7. The molecule has 0 spiro atoms. The van der Waals surface area contributed by atoms with Crippen molar-refractivity contribution < 1.29 is 22.7 Å². The average molecular weight is 512 g/mol. The number of hydrogen-bond donors (Lipinski definition) is 1. The Balaban J connectivity index is 1.75. The minimum atomic E-state index is -4.49. The lowest BCUT2D eigenvalue weighted by atomic mass is 10.2. The van der Waals surface area contributed by atoms with Crippen molar-refractivity contribution in [3.63, 3.8) is 0 Å². The average Bonchev–Trinajstić information content (AvgIpc) is 3.34. The molecule has 1 unspecified atom stereocenters. The van der Waals surface area contributed by atoms with E-state index in [0.717, 1.165) is 20.0 Å². The molecule has 3 aromatic heterocycles. The molecule has 1 atom stereocenters. The molecule has 14 heteroatoms. The van der Waals surface area contributed by atoms with Crippen LogP contribution in [-0.2, 0) is 13.1 Å². The summed E-state index contributed by atoms with van der Waals surface area (Å²) in [4.78, 5) is 21.1. The van der Waals surface area contributed by atoms with E-state index in [0.29, 0.717) is 10.6 Å². The molecule has 0 aliphatic carbocycles. The molecule has 9 nitrogen and oxygen atoms in total. The third-order valence-corrected chi connectivity index (χ3v) is 5.18. The molecule has 0 saturated heterocycles. The maximum Gasteiger partial charge on any atom is 0.390 e. The van der Waals surface area contributed by atoms with E-state index in [9.17, 15) is 27.5 Å². The van der Waals surface area contributed by atoms with E-state index in [2.05, 4.69) is 20.2 Å². The summed E-state index contributed by atoms with van der Waals surface area (Å²) < 4.78 is 55.7. The van der Waals surface area contributed by atoms with Gasteiger partial charge in [-0.1, -0.05) is 11.6 Å². The lowest BCUT2D eigenvalue weighted by Gasteiger charge is -2.08. The second-order valence-corrected chi connectivity index (χ2v) is 8.01. The highest BCUT2D eigenvalue weighted by Gasteiger charge is 2.29. The minimum Gasteiger partial charge on any atom is -0.385 e. The lowest BCUT2D eigenvalue weighted by molar-refractivity contribution is -0.136. The smallest absolute Gasteiger partial charge is 0.385 e. The zero-order chi connectivity index (χ0) is 25.3. The predicted molar refractivity (Wildman–Crippen MR) is 116 cm³/mol. The number of hydrogen-bond acceptors (Lipinski definition) is 6. The largest absolute Gasteiger partial charge is 0.390 e. The second kappa shape index (κ2) is 9.58. The summed E-state index contributed by atoms with van der Waals surface area (Å²) in [5.74, 6) is -1.00. The third-order valence-electron chi connectivity index (χ3n) is 4.92. The van der Waals surface area contributed by atoms with Gasteiger partial charge in [-0.25, -0.2) is 23.8 Å². The molecule has 1 aromatic carbocycles. The summed E-state index contributed by atoms with van der Waals surface area (Å²) in [6, 6.07) is 8.63. The highest BCUT2D eigenvalue weighted by molar-refractivity contribution is 6.30. The Bertz CT molecular complexity index is 1390. The summed E-state index contributed by atoms with van der Waals surface area (Å²) in [7, 11) is 0. The van der Waals surface area contributed by atoms with Crippen LogP contribution in [0.2, 0.25) is 5.02 Å². The van der Waals surface area contributed by atoms with Gasteiger partial charge in [0.05, 0.1) is 6.42 Å². The van der Waals surface area contributed by atoms with Crippen LogP contribution >= 0.6 is 11.6 Å². The van der Waals surface area contributed by atoms with E-state index in [4.69, 9.17) is 11.6 Å². The summed E-state index contributed by atoms with van der Waals surface area (Å²) in [6.45, 7) is 0.391. The first-order chi connectivity index (χ1) is 16.5. The SMILES string of the molecule is CC(O)c1nc(Cn2nc(-c3ccc(Cl)cc3)n(CCC(F)(F)F)c2=O)nn1-c1ncccc1F. The number of rotatable bonds is 7. The number of aliphatic hydroxyl groups excluding tert-OH is 1. The van der Waals surface area contributed by atoms with Crippen molar-refractivity contribution in [2.75, 3.05) is 0 Å². The van der Waals surface area contributed by atoms with Crippen molar-refractivity contribution in [2.24, 2.45) is 0 Å². The van der Waals surface area contributed by atoms with Gasteiger partial charge in [0.15, 0.2) is 29.1 Å². The van der Waals surface area contributed by atoms with Crippen LogP contribution in [0.4, 0.5) is 17.6 Å². The van der Waals surface area contributed by atoms with Gasteiger partial charge in [-0.3, -0.25) is 4.57 Å². The molecule has 0 radical (unpaired) electrons. The van der Waals surface area contributed by atoms with Crippen molar-refractivity contribution in [3.05, 3.63) is 75.6 Å². The van der Waals surface area contributed by atoms with E-state index in [-0.39, 0.29) is 29.8 Å². The van der Waals surface area contributed by atoms with Crippen molar-refractivity contribution in [2.45, 2.75) is 38.7 Å². The predicted octanol–water partition coefficient (Wildman–Crippen LogP) is 3.53. The van der Waals surface area contributed by atoms with Crippen LogP contribution in [0.1, 0.15) is 31.1 Å². The Morgan fingerprint density at radius 1 is 1.14 bits per heavy atom. The van der Waals surface area contributed by atoms with E-state index in [1.54, 1.807) is 0 Å². The van der Waals surface area contributed by atoms with Crippen LogP contribution < -0.4 is 5.69 Å². The molecule has 4 aromatic rings. The minimum absolute atomic E-state index is 0.00173. The highest BCUT2D eigenvalue weighted by atomic mass is 35.5. The normalized spacial score (nSPS) is 12.8. The van der Waals surface area contributed by atoms with Crippen molar-refractivity contribution in [3.8, 4) is 17.2 Å². The van der Waals surface area contributed by atoms with Gasteiger partial charge in [0.2, 0.25) is 0 Å². The summed E-state index contributed by atoms with van der Waals surface area (Å²) in [5.41, 5.74) is -0.440. The number of alkyl halides is 3. The molecule has 0 saturated carbocycles. The van der Waals surface area contributed by atoms with Crippen LogP contribution in [-0.4, -0.2) is 45.4 Å². The molecule has 0 aliphatic heterocycles. The molecular weight excluding hydrogens is 494 g/mol. The molecule has 3 heterocycles. The van der Waals surface area contributed by atoms with Crippen molar-refractivity contribution in [1.82, 2.24) is 34.1 Å². The Morgan fingerprint density at radius 3 is 2.49 bits per heavy atom. The van der Waals surface area contributed by atoms with Crippen LogP contribution in [0.3, 0.4) is 0 Å². The highest BCUT2D eigenvalue weighted by Crippen LogP contribution is 2.24. The summed E-state index contributed by atoms with van der Waals surface area (Å²) in [6.07, 6.45) is -5.56. The standard InChI is InChI=1S/C21H18ClF4N7O2/c1-12(34)17-28-16(29-33(17)19-15(23)3-2-9-27-19)11-32-20(35)31(10-8-21(24,25)26)18(30-32)13-4-6-14(22)7-5-13/h2-7,9,12,34H,8,10-11H2,1H3. The van der Waals surface area contributed by atoms with Crippen molar-refractivity contribution in [1.29, 1.82) is 0 Å². The fraction of sp³-hybridized carbons (Fsp3) is 0.286. The first-order valence-corrected chi connectivity index (χ1v) is 10.7. The molecule has 0 fully saturated rings. The van der Waals surface area contributed by atoms with Gasteiger partial charge >= 0.3 is 11.9 Å². The Kier molecular flexibility index (Phi) is 6.72. The number of aromatic nitrogens is 7. The summed E-state index contributed by atoms with van der Waals surface area (Å²) >= 11 is 5.89. The first kappa shape index (κ1) is 24.5. The van der Waals surface area contributed by atoms with Gasteiger partial charge in [0.1, 0.15) is 12.6 Å². The number of aliphatic hydroxyl groups is 1. The quantitative estimate of drug-likeness (QED) is 0.381. The molecule has 0 amide bonds. The van der Waals surface area contributed by atoms with Gasteiger partial charge in [-0.05, 0) is 43.3 Å². The molecule has 184 valence electrons. The number of pyridine rings is 1. The van der Waals surface area contributed by atoms with E-state index >= 15 is 0 Å². The zero-order valence-corrected chi connectivity index (χ0v) is 18.9. The molecule has 0 aliphatic rings. The van der Waals surface area contributed by atoms with Gasteiger partial charge in [-0.2, -0.15) is 17.9 Å². The third kappa shape index (κ3) is 5.41. The maximum absolute atomic E-state index is 14.3. The maximum atomic E-state index is 14.3. The molecular formula is C21H18ClF4N7O2. The van der Waals surface area contributed by atoms with Gasteiger partial charge in [0.25, 0.3) is 0 Å². The Labute approximate surface area is 200 Å². The molecule has 35 heavy (non-hydrogen) atoms. The first-order valence-electron chi connectivity index (χ1n) is 10.3. The van der Waals surface area contributed by atoms with Gasteiger partial charge in [0, 0.05) is 23.3 Å². The zero-order valence-electron chi connectivity index (χ0n) is 18.1. The van der Waals surface area contributed by atoms with E-state index < -0.39 is 36.8 Å². The number of halogens is 5. The fourth-order valence-electron chi connectivity index (χ4n) is 3.33. The molecule has 4 rings (SSSR count). The Morgan fingerprint density at radius 2 is 1.86 bits per heavy atom. The monoisotopic (exact) mass is 511 g/mol. The Hall–Kier alpha value is -3.58. The topological polar surface area (TPSA) is 104 Å². The fourth-order valence-corrected chi connectivity index (χ4v) is 3.45. The van der Waals surface area contributed by atoms with Crippen LogP contribution in [0, 0.1) is 5.82 Å². The van der Waals surface area contributed by atoms with Gasteiger partial charge < -0.3 is 5.11 Å². The van der Waals surface area contributed by atoms with Gasteiger partial charge in [-0.15, -0.1) is 10.2 Å². The van der Waals surface area contributed by atoms with Crippen molar-refractivity contribution >= 4 is 11.6 Å². The van der Waals surface area contributed by atoms with Crippen LogP contribution in [0.15, 0.2) is 47.4 Å². The second-order valence-electron chi connectivity index (χ2n) is 7.57. The van der Waals surface area contributed by atoms with E-state index in [1.807, 2.05) is 0 Å². The number of benzene rings is 1. The van der Waals surface area contributed by atoms with Crippen LogP contribution in [0.25, 0.3) is 17.2 Å². The summed E-state index contributed by atoms with van der Waals surface area (Å²) in [5, 5.41) is 18.8. The van der Waals surface area contributed by atoms with Crippen LogP contribution in [0.5, 0.6) is 0 Å². The molecule has 1 N–H and O–H groups in total.